The number of pyridine rings is 1. The molecule has 0 unspecified atom stereocenters. The van der Waals surface area contributed by atoms with Crippen molar-refractivity contribution in [2.24, 2.45) is 0 Å². The van der Waals surface area contributed by atoms with E-state index in [-0.39, 0.29) is 33.3 Å². The fourth-order valence-corrected chi connectivity index (χ4v) is 5.50. The number of ether oxygens (including phenoxy) is 1. The number of benzene rings is 1. The topological polar surface area (TPSA) is 118 Å². The summed E-state index contributed by atoms with van der Waals surface area (Å²) < 4.78 is 45.8. The highest BCUT2D eigenvalue weighted by molar-refractivity contribution is 7.93. The number of sulfone groups is 1. The van der Waals surface area contributed by atoms with Gasteiger partial charge in [0.15, 0.2) is 4.21 Å². The van der Waals surface area contributed by atoms with Crippen LogP contribution in [0.25, 0.3) is 11.3 Å². The molecule has 1 aromatic carbocycles. The summed E-state index contributed by atoms with van der Waals surface area (Å²) in [5.41, 5.74) is -0.114. The van der Waals surface area contributed by atoms with E-state index in [0.717, 1.165) is 11.3 Å². The Morgan fingerprint density at radius 1 is 1.31 bits per heavy atom. The van der Waals surface area contributed by atoms with Crippen molar-refractivity contribution in [3.63, 3.8) is 0 Å². The van der Waals surface area contributed by atoms with Gasteiger partial charge in [-0.3, -0.25) is 0 Å². The van der Waals surface area contributed by atoms with Gasteiger partial charge in [-0.25, -0.2) is 23.2 Å². The molecular weight excluding hydrogens is 421 g/mol. The van der Waals surface area contributed by atoms with Crippen LogP contribution in [-0.2, 0) is 16.3 Å². The third-order valence-electron chi connectivity index (χ3n) is 3.87. The lowest BCUT2D eigenvalue weighted by atomic mass is 10.2. The summed E-state index contributed by atoms with van der Waals surface area (Å²) in [6, 6.07) is 8.79. The number of thiazole rings is 1. The minimum absolute atomic E-state index is 0.0266. The number of halogens is 1. The first-order valence-electron chi connectivity index (χ1n) is 8.29. The maximum absolute atomic E-state index is 14.3. The van der Waals surface area contributed by atoms with Crippen LogP contribution >= 0.6 is 11.3 Å². The molecule has 3 rings (SSSR count). The van der Waals surface area contributed by atoms with Gasteiger partial charge >= 0.3 is 6.09 Å². The smallest absolute Gasteiger partial charge is 0.404 e. The number of aromatic nitrogens is 2. The van der Waals surface area contributed by atoms with Crippen molar-refractivity contribution in [3.05, 3.63) is 53.6 Å². The molecule has 3 aromatic rings. The zero-order valence-corrected chi connectivity index (χ0v) is 16.8. The van der Waals surface area contributed by atoms with Crippen molar-refractivity contribution in [1.82, 2.24) is 15.3 Å². The van der Waals surface area contributed by atoms with E-state index in [9.17, 15) is 17.6 Å². The molecule has 0 atom stereocenters. The standard InChI is InChI=1S/C18H16FN3O5S2/c1-27-11-4-2-5-12(10-11)29(25,26)17-15(13-6-3-8-20-16(13)19)22-14(28-17)7-9-21-18(23)24/h2-6,8,10,21H,7,9H2,1H3,(H,23,24). The number of nitrogens with zero attached hydrogens (tertiary/aromatic N) is 2. The van der Waals surface area contributed by atoms with Crippen molar-refractivity contribution in [1.29, 1.82) is 0 Å². The van der Waals surface area contributed by atoms with E-state index >= 15 is 0 Å². The van der Waals surface area contributed by atoms with Gasteiger partial charge in [0.2, 0.25) is 15.8 Å². The van der Waals surface area contributed by atoms with Crippen LogP contribution in [0.5, 0.6) is 5.75 Å². The van der Waals surface area contributed by atoms with Crippen molar-refractivity contribution < 1.29 is 27.4 Å². The molecule has 0 aliphatic rings. The fourth-order valence-electron chi connectivity index (χ4n) is 2.52. The van der Waals surface area contributed by atoms with Crippen LogP contribution in [0.4, 0.5) is 9.18 Å². The lowest BCUT2D eigenvalue weighted by Crippen LogP contribution is -2.23. The maximum atomic E-state index is 14.3. The molecule has 11 heteroatoms. The molecule has 2 N–H and O–H groups in total. The second kappa shape index (κ2) is 8.53. The molecule has 0 aliphatic heterocycles. The molecule has 0 spiro atoms. The molecule has 0 saturated carbocycles. The Morgan fingerprint density at radius 3 is 2.79 bits per heavy atom. The maximum Gasteiger partial charge on any atom is 0.404 e. The third-order valence-corrected chi connectivity index (χ3v) is 7.24. The third kappa shape index (κ3) is 4.51. The van der Waals surface area contributed by atoms with Crippen LogP contribution in [-0.4, -0.2) is 43.2 Å². The van der Waals surface area contributed by atoms with Crippen LogP contribution in [0.15, 0.2) is 51.7 Å². The summed E-state index contributed by atoms with van der Waals surface area (Å²) in [5.74, 6) is -0.495. The summed E-state index contributed by atoms with van der Waals surface area (Å²) in [4.78, 5) is 18.4. The number of nitrogens with one attached hydrogen (secondary N) is 1. The molecule has 29 heavy (non-hydrogen) atoms. The van der Waals surface area contributed by atoms with Crippen molar-refractivity contribution in [3.8, 4) is 17.0 Å². The normalized spacial score (nSPS) is 11.2. The predicted octanol–water partition coefficient (Wildman–Crippen LogP) is 3.00. The number of carboxylic acid groups (broad SMARTS) is 1. The first-order valence-corrected chi connectivity index (χ1v) is 10.6. The summed E-state index contributed by atoms with van der Waals surface area (Å²) in [5, 5.41) is 11.2. The number of hydrogen-bond donors (Lipinski definition) is 2. The van der Waals surface area contributed by atoms with Crippen LogP contribution < -0.4 is 10.1 Å². The molecule has 2 heterocycles. The second-order valence-electron chi connectivity index (χ2n) is 5.75. The zero-order chi connectivity index (χ0) is 21.0. The minimum Gasteiger partial charge on any atom is -0.497 e. The van der Waals surface area contributed by atoms with Gasteiger partial charge in [-0.1, -0.05) is 6.07 Å². The first kappa shape index (κ1) is 20.7. The average molecular weight is 437 g/mol. The van der Waals surface area contributed by atoms with E-state index in [1.54, 1.807) is 6.07 Å². The highest BCUT2D eigenvalue weighted by Gasteiger charge is 2.28. The van der Waals surface area contributed by atoms with Crippen LogP contribution in [0, 0.1) is 5.95 Å². The molecule has 0 saturated heterocycles. The average Bonchev–Trinajstić information content (AvgIpc) is 3.13. The van der Waals surface area contributed by atoms with Crippen molar-refractivity contribution in [2.45, 2.75) is 15.5 Å². The predicted molar refractivity (Wildman–Crippen MR) is 103 cm³/mol. The van der Waals surface area contributed by atoms with E-state index in [4.69, 9.17) is 9.84 Å². The van der Waals surface area contributed by atoms with E-state index in [2.05, 4.69) is 15.3 Å². The van der Waals surface area contributed by atoms with E-state index < -0.39 is 21.9 Å². The Hall–Kier alpha value is -3.05. The molecule has 152 valence electrons. The van der Waals surface area contributed by atoms with Crippen molar-refractivity contribution in [2.75, 3.05) is 13.7 Å². The van der Waals surface area contributed by atoms with Gasteiger partial charge in [0.05, 0.1) is 22.6 Å². The monoisotopic (exact) mass is 437 g/mol. The van der Waals surface area contributed by atoms with Gasteiger partial charge in [-0.15, -0.1) is 11.3 Å². The highest BCUT2D eigenvalue weighted by Crippen LogP contribution is 2.37. The molecule has 0 radical (unpaired) electrons. The van der Waals surface area contributed by atoms with E-state index in [1.165, 1.54) is 43.6 Å². The lowest BCUT2D eigenvalue weighted by Gasteiger charge is -2.07. The zero-order valence-electron chi connectivity index (χ0n) is 15.1. The van der Waals surface area contributed by atoms with Gasteiger partial charge in [-0.2, -0.15) is 4.39 Å². The van der Waals surface area contributed by atoms with Crippen molar-refractivity contribution >= 4 is 27.3 Å². The molecular formula is C18H16FN3O5S2. The number of carbonyl (C=O) groups is 1. The Labute approximate surface area is 169 Å². The minimum atomic E-state index is -4.04. The van der Waals surface area contributed by atoms with E-state index in [0.29, 0.717) is 10.8 Å². The van der Waals surface area contributed by atoms with Gasteiger partial charge in [-0.05, 0) is 30.3 Å². The lowest BCUT2D eigenvalue weighted by molar-refractivity contribution is 0.194. The SMILES string of the molecule is COc1cccc(S(=O)(=O)c2sc(CCNC(=O)O)nc2-c2cccnc2F)c1. The van der Waals surface area contributed by atoms with E-state index in [1.807, 2.05) is 0 Å². The van der Waals surface area contributed by atoms with Crippen LogP contribution in [0.2, 0.25) is 0 Å². The molecule has 0 bridgehead atoms. The summed E-state index contributed by atoms with van der Waals surface area (Å²) >= 11 is 0.863. The Balaban J connectivity index is 2.11. The number of amides is 1. The number of hydrogen-bond acceptors (Lipinski definition) is 7. The van der Waals surface area contributed by atoms with Gasteiger partial charge < -0.3 is 15.2 Å². The Bertz CT molecular complexity index is 1150. The quantitative estimate of drug-likeness (QED) is 0.546. The Kier molecular flexibility index (Phi) is 6.09. The number of rotatable bonds is 7. The largest absolute Gasteiger partial charge is 0.497 e. The second-order valence-corrected chi connectivity index (χ2v) is 8.98. The van der Waals surface area contributed by atoms with Crippen LogP contribution in [0.1, 0.15) is 5.01 Å². The van der Waals surface area contributed by atoms with Gasteiger partial charge in [0.1, 0.15) is 11.4 Å². The highest BCUT2D eigenvalue weighted by atomic mass is 32.2. The number of methoxy groups -OCH3 is 1. The molecule has 0 fully saturated rings. The van der Waals surface area contributed by atoms with Gasteiger partial charge in [0, 0.05) is 19.2 Å². The fraction of sp³-hybridized carbons (Fsp3) is 0.167. The molecule has 1 amide bonds. The summed E-state index contributed by atoms with van der Waals surface area (Å²) in [6.45, 7) is 0.0382. The van der Waals surface area contributed by atoms with Gasteiger partial charge in [0.25, 0.3) is 0 Å². The first-order chi connectivity index (χ1) is 13.8. The summed E-state index contributed by atoms with van der Waals surface area (Å²) in [7, 11) is -2.62. The Morgan fingerprint density at radius 2 is 2.10 bits per heavy atom. The van der Waals surface area contributed by atoms with Crippen LogP contribution in [0.3, 0.4) is 0 Å². The molecule has 2 aromatic heterocycles. The molecule has 0 aliphatic carbocycles. The summed E-state index contributed by atoms with van der Waals surface area (Å²) in [6.07, 6.45) is 0.197. The molecule has 8 nitrogen and oxygen atoms in total.